The summed E-state index contributed by atoms with van der Waals surface area (Å²) in [4.78, 5) is 12.5. The predicted octanol–water partition coefficient (Wildman–Crippen LogP) is 3.47. The summed E-state index contributed by atoms with van der Waals surface area (Å²) in [5.41, 5.74) is 0.342. The summed E-state index contributed by atoms with van der Waals surface area (Å²) in [7, 11) is -3.69. The number of aromatic hydroxyl groups is 1. The fraction of sp³-hybridized carbons (Fsp3) is 0.278. The van der Waals surface area contributed by atoms with Crippen molar-refractivity contribution in [2.75, 3.05) is 18.4 Å². The Morgan fingerprint density at radius 1 is 1.08 bits per heavy atom. The van der Waals surface area contributed by atoms with Gasteiger partial charge >= 0.3 is 0 Å². The van der Waals surface area contributed by atoms with Crippen molar-refractivity contribution in [3.8, 4) is 5.75 Å². The van der Waals surface area contributed by atoms with Crippen molar-refractivity contribution in [1.29, 1.82) is 0 Å². The van der Waals surface area contributed by atoms with Gasteiger partial charge in [0.15, 0.2) is 0 Å². The third-order valence-electron chi connectivity index (χ3n) is 4.25. The smallest absolute Gasteiger partial charge is 0.259 e. The highest BCUT2D eigenvalue weighted by Crippen LogP contribution is 2.26. The number of piperidine rings is 1. The van der Waals surface area contributed by atoms with Gasteiger partial charge in [-0.1, -0.05) is 24.1 Å². The molecule has 1 amide bonds. The number of carbonyl (C=O) groups is 1. The zero-order chi connectivity index (χ0) is 18.7. The molecule has 0 aliphatic carbocycles. The van der Waals surface area contributed by atoms with Crippen LogP contribution in [0.3, 0.4) is 0 Å². The molecular weight excluding hydrogens is 376 g/mol. The zero-order valence-corrected chi connectivity index (χ0v) is 15.6. The van der Waals surface area contributed by atoms with Crippen molar-refractivity contribution in [1.82, 2.24) is 4.31 Å². The van der Waals surface area contributed by atoms with Crippen LogP contribution in [0.2, 0.25) is 5.02 Å². The molecule has 1 heterocycles. The lowest BCUT2D eigenvalue weighted by molar-refractivity contribution is 0.102. The lowest BCUT2D eigenvalue weighted by atomic mass is 10.2. The van der Waals surface area contributed by atoms with E-state index in [9.17, 15) is 18.3 Å². The van der Waals surface area contributed by atoms with Crippen molar-refractivity contribution < 1.29 is 18.3 Å². The molecule has 1 fully saturated rings. The summed E-state index contributed by atoms with van der Waals surface area (Å²) in [6, 6.07) is 10.3. The van der Waals surface area contributed by atoms with Gasteiger partial charge in [-0.15, -0.1) is 0 Å². The molecule has 2 aromatic rings. The molecule has 138 valence electrons. The van der Waals surface area contributed by atoms with Crippen LogP contribution in [0.15, 0.2) is 47.4 Å². The van der Waals surface area contributed by atoms with Gasteiger partial charge in [0.2, 0.25) is 10.0 Å². The van der Waals surface area contributed by atoms with E-state index in [1.54, 1.807) is 24.3 Å². The van der Waals surface area contributed by atoms with Crippen molar-refractivity contribution >= 4 is 33.2 Å². The molecule has 1 aliphatic rings. The number of phenols is 1. The normalized spacial score (nSPS) is 15.6. The van der Waals surface area contributed by atoms with Gasteiger partial charge in [-0.3, -0.25) is 4.79 Å². The van der Waals surface area contributed by atoms with E-state index in [0.29, 0.717) is 23.8 Å². The minimum atomic E-state index is -3.69. The van der Waals surface area contributed by atoms with Crippen molar-refractivity contribution in [3.05, 3.63) is 53.1 Å². The summed E-state index contributed by atoms with van der Waals surface area (Å²) >= 11 is 5.89. The molecule has 26 heavy (non-hydrogen) atoms. The van der Waals surface area contributed by atoms with Crippen LogP contribution in [0.4, 0.5) is 5.69 Å². The standard InChI is InChI=1S/C18H19ClN2O4S/c19-13-5-4-6-14(11-13)20-18(23)16-12-15(7-8-17(16)22)26(24,25)21-9-2-1-3-10-21/h4-8,11-12,22H,1-3,9-10H2,(H,20,23). The number of nitrogens with zero attached hydrogens (tertiary/aromatic N) is 1. The van der Waals surface area contributed by atoms with E-state index in [2.05, 4.69) is 5.32 Å². The molecule has 0 aromatic heterocycles. The summed E-state index contributed by atoms with van der Waals surface area (Å²) in [5.74, 6) is -0.900. The maximum absolute atomic E-state index is 12.8. The van der Waals surface area contributed by atoms with E-state index in [1.165, 1.54) is 22.5 Å². The molecule has 0 radical (unpaired) electrons. The summed E-state index contributed by atoms with van der Waals surface area (Å²) < 4.78 is 27.0. The van der Waals surface area contributed by atoms with Gasteiger partial charge in [0.25, 0.3) is 5.91 Å². The molecule has 3 rings (SSSR count). The van der Waals surface area contributed by atoms with Gasteiger partial charge in [0.05, 0.1) is 10.5 Å². The molecule has 1 aliphatic heterocycles. The highest BCUT2D eigenvalue weighted by atomic mass is 35.5. The summed E-state index contributed by atoms with van der Waals surface area (Å²) in [5, 5.41) is 13.1. The average Bonchev–Trinajstić information content (AvgIpc) is 2.62. The van der Waals surface area contributed by atoms with Crippen molar-refractivity contribution in [2.24, 2.45) is 0 Å². The number of hydrogen-bond acceptors (Lipinski definition) is 4. The molecule has 0 atom stereocenters. The van der Waals surface area contributed by atoms with Gasteiger partial charge in [-0.2, -0.15) is 4.31 Å². The largest absolute Gasteiger partial charge is 0.507 e. The maximum Gasteiger partial charge on any atom is 0.259 e. The molecule has 0 bridgehead atoms. The van der Waals surface area contributed by atoms with Gasteiger partial charge in [0.1, 0.15) is 5.75 Å². The van der Waals surface area contributed by atoms with E-state index in [1.807, 2.05) is 0 Å². The minimum absolute atomic E-state index is 0.00607. The molecular formula is C18H19ClN2O4S. The molecule has 2 aromatic carbocycles. The van der Waals surface area contributed by atoms with Crippen LogP contribution in [0, 0.1) is 0 Å². The topological polar surface area (TPSA) is 86.7 Å². The Labute approximate surface area is 157 Å². The first-order valence-corrected chi connectivity index (χ1v) is 10.1. The molecule has 8 heteroatoms. The lowest BCUT2D eigenvalue weighted by Crippen LogP contribution is -2.35. The fourth-order valence-electron chi connectivity index (χ4n) is 2.88. The number of halogens is 1. The minimum Gasteiger partial charge on any atom is -0.507 e. The Kier molecular flexibility index (Phi) is 5.50. The van der Waals surface area contributed by atoms with Gasteiger partial charge in [-0.25, -0.2) is 8.42 Å². The second-order valence-corrected chi connectivity index (χ2v) is 8.48. The van der Waals surface area contributed by atoms with Crippen molar-refractivity contribution in [2.45, 2.75) is 24.2 Å². The Balaban J connectivity index is 1.88. The molecule has 0 unspecified atom stereocenters. The number of rotatable bonds is 4. The molecule has 1 saturated heterocycles. The average molecular weight is 395 g/mol. The molecule has 2 N–H and O–H groups in total. The highest BCUT2D eigenvalue weighted by molar-refractivity contribution is 7.89. The van der Waals surface area contributed by atoms with E-state index in [0.717, 1.165) is 19.3 Å². The second kappa shape index (κ2) is 7.65. The van der Waals surface area contributed by atoms with Gasteiger partial charge in [0, 0.05) is 23.8 Å². The number of amides is 1. The molecule has 0 saturated carbocycles. The third kappa shape index (κ3) is 4.00. The van der Waals surface area contributed by atoms with Crippen molar-refractivity contribution in [3.63, 3.8) is 0 Å². The van der Waals surface area contributed by atoms with Crippen LogP contribution in [-0.4, -0.2) is 36.8 Å². The SMILES string of the molecule is O=C(Nc1cccc(Cl)c1)c1cc(S(=O)(=O)N2CCCCC2)ccc1O. The first-order chi connectivity index (χ1) is 12.4. The number of phenolic OH excluding ortho intramolecular Hbond substituents is 1. The molecule has 6 nitrogen and oxygen atoms in total. The predicted molar refractivity (Wildman–Crippen MR) is 100 cm³/mol. The van der Waals surface area contributed by atoms with Crippen LogP contribution in [0.25, 0.3) is 0 Å². The van der Waals surface area contributed by atoms with Crippen LogP contribution in [0.5, 0.6) is 5.75 Å². The van der Waals surface area contributed by atoms with E-state index in [-0.39, 0.29) is 16.2 Å². The zero-order valence-electron chi connectivity index (χ0n) is 14.0. The van der Waals surface area contributed by atoms with Gasteiger partial charge in [-0.05, 0) is 49.2 Å². The number of hydrogen-bond donors (Lipinski definition) is 2. The van der Waals surface area contributed by atoms with Crippen LogP contribution in [0.1, 0.15) is 29.6 Å². The highest BCUT2D eigenvalue weighted by Gasteiger charge is 2.27. The number of sulfonamides is 1. The Hall–Kier alpha value is -2.09. The van der Waals surface area contributed by atoms with Crippen LogP contribution in [-0.2, 0) is 10.0 Å². The Bertz CT molecular complexity index is 925. The number of benzene rings is 2. The van der Waals surface area contributed by atoms with E-state index < -0.39 is 15.9 Å². The van der Waals surface area contributed by atoms with E-state index >= 15 is 0 Å². The monoisotopic (exact) mass is 394 g/mol. The maximum atomic E-state index is 12.8. The van der Waals surface area contributed by atoms with Crippen LogP contribution >= 0.6 is 11.6 Å². The summed E-state index contributed by atoms with van der Waals surface area (Å²) in [6.45, 7) is 0.931. The number of carbonyl (C=O) groups excluding carboxylic acids is 1. The quantitative estimate of drug-likeness (QED) is 0.831. The first kappa shape index (κ1) is 18.7. The van der Waals surface area contributed by atoms with E-state index in [4.69, 9.17) is 11.6 Å². The summed E-state index contributed by atoms with van der Waals surface area (Å²) in [6.07, 6.45) is 2.65. The lowest BCUT2D eigenvalue weighted by Gasteiger charge is -2.26. The fourth-order valence-corrected chi connectivity index (χ4v) is 4.61. The number of anilines is 1. The number of nitrogens with one attached hydrogen (secondary N) is 1. The Morgan fingerprint density at radius 2 is 1.81 bits per heavy atom. The first-order valence-electron chi connectivity index (χ1n) is 8.28. The Morgan fingerprint density at radius 3 is 2.50 bits per heavy atom. The van der Waals surface area contributed by atoms with Crippen LogP contribution < -0.4 is 5.32 Å². The third-order valence-corrected chi connectivity index (χ3v) is 6.38. The second-order valence-electron chi connectivity index (χ2n) is 6.11. The molecule has 0 spiro atoms. The van der Waals surface area contributed by atoms with Gasteiger partial charge < -0.3 is 10.4 Å².